The van der Waals surface area contributed by atoms with Crippen molar-refractivity contribution in [2.75, 3.05) is 6.61 Å². The summed E-state index contributed by atoms with van der Waals surface area (Å²) in [6.07, 6.45) is 6.40. The van der Waals surface area contributed by atoms with Crippen LogP contribution < -0.4 is 0 Å². The molecule has 0 unspecified atom stereocenters. The molecule has 0 aromatic carbocycles. The maximum Gasteiger partial charge on any atom is 0.330 e. The van der Waals surface area contributed by atoms with Gasteiger partial charge in [0.15, 0.2) is 0 Å². The monoisotopic (exact) mass is 220 g/mol. The van der Waals surface area contributed by atoms with Crippen LogP contribution in [0.15, 0.2) is 18.5 Å². The van der Waals surface area contributed by atoms with Crippen LogP contribution in [0.5, 0.6) is 0 Å². The van der Waals surface area contributed by atoms with Crippen LogP contribution in [0.3, 0.4) is 0 Å². The van der Waals surface area contributed by atoms with Crippen LogP contribution in [0.25, 0.3) is 6.08 Å². The van der Waals surface area contributed by atoms with E-state index in [0.29, 0.717) is 12.5 Å². The lowest BCUT2D eigenvalue weighted by atomic mass is 10.2. The first kappa shape index (κ1) is 12.4. The highest BCUT2D eigenvalue weighted by molar-refractivity contribution is 5.86. The summed E-state index contributed by atoms with van der Waals surface area (Å²) in [5.41, 5.74) is 0.789. The van der Waals surface area contributed by atoms with Crippen molar-refractivity contribution in [3.05, 3.63) is 29.9 Å². The third-order valence-electron chi connectivity index (χ3n) is 1.91. The molecule has 0 atom stereocenters. The molecule has 0 bridgehead atoms. The first-order valence-corrected chi connectivity index (χ1v) is 5.30. The van der Waals surface area contributed by atoms with Crippen molar-refractivity contribution >= 4 is 12.0 Å². The van der Waals surface area contributed by atoms with E-state index >= 15 is 0 Å². The molecule has 0 spiro atoms. The van der Waals surface area contributed by atoms with Gasteiger partial charge in [-0.05, 0) is 13.0 Å². The zero-order valence-corrected chi connectivity index (χ0v) is 9.80. The average Bonchev–Trinajstić information content (AvgIpc) is 2.27. The van der Waals surface area contributed by atoms with Gasteiger partial charge in [0.05, 0.1) is 6.61 Å². The Labute approximate surface area is 95.4 Å². The van der Waals surface area contributed by atoms with Crippen LogP contribution in [0.1, 0.15) is 38.1 Å². The minimum Gasteiger partial charge on any atom is -0.463 e. The molecule has 0 aliphatic heterocycles. The molecule has 0 amide bonds. The molecule has 4 nitrogen and oxygen atoms in total. The summed E-state index contributed by atoms with van der Waals surface area (Å²) in [7, 11) is 0. The zero-order chi connectivity index (χ0) is 12.0. The van der Waals surface area contributed by atoms with Crippen LogP contribution in [-0.4, -0.2) is 22.5 Å². The van der Waals surface area contributed by atoms with Gasteiger partial charge in [-0.3, -0.25) is 0 Å². The third kappa shape index (κ3) is 3.81. The number of carbonyl (C=O) groups is 1. The lowest BCUT2D eigenvalue weighted by Crippen LogP contribution is -1.99. The summed E-state index contributed by atoms with van der Waals surface area (Å²) in [5.74, 6) is 0.756. The second-order valence-electron chi connectivity index (χ2n) is 3.61. The van der Waals surface area contributed by atoms with Gasteiger partial charge < -0.3 is 4.74 Å². The van der Waals surface area contributed by atoms with Gasteiger partial charge >= 0.3 is 5.97 Å². The average molecular weight is 220 g/mol. The Hall–Kier alpha value is -1.71. The number of hydrogen-bond donors (Lipinski definition) is 0. The van der Waals surface area contributed by atoms with Gasteiger partial charge in [-0.25, -0.2) is 14.8 Å². The first-order valence-electron chi connectivity index (χ1n) is 5.30. The summed E-state index contributed by atoms with van der Waals surface area (Å²) in [5, 5.41) is 0. The predicted octanol–water partition coefficient (Wildman–Crippen LogP) is 2.18. The Kier molecular flexibility index (Phi) is 4.64. The summed E-state index contributed by atoms with van der Waals surface area (Å²) in [6, 6.07) is 0. The van der Waals surface area contributed by atoms with Crippen molar-refractivity contribution in [3.8, 4) is 0 Å². The van der Waals surface area contributed by atoms with E-state index in [1.807, 2.05) is 13.8 Å². The molecule has 1 rings (SSSR count). The second kappa shape index (κ2) is 6.00. The molecule has 0 fully saturated rings. The standard InChI is InChI=1S/C12H16N2O2/c1-4-16-11(15)6-5-10-7-13-12(9(2)3)14-8-10/h5-9H,4H2,1-3H3. The fourth-order valence-corrected chi connectivity index (χ4v) is 1.09. The molecule has 1 aromatic rings. The van der Waals surface area contributed by atoms with Crippen molar-refractivity contribution in [1.29, 1.82) is 0 Å². The van der Waals surface area contributed by atoms with Gasteiger partial charge in [-0.15, -0.1) is 0 Å². The topological polar surface area (TPSA) is 52.1 Å². The molecule has 4 heteroatoms. The number of carbonyl (C=O) groups excluding carboxylic acids is 1. The van der Waals surface area contributed by atoms with Gasteiger partial charge in [-0.1, -0.05) is 13.8 Å². The van der Waals surface area contributed by atoms with E-state index in [2.05, 4.69) is 9.97 Å². The number of aromatic nitrogens is 2. The number of ether oxygens (including phenoxy) is 1. The van der Waals surface area contributed by atoms with Gasteiger partial charge in [0.2, 0.25) is 0 Å². The summed E-state index contributed by atoms with van der Waals surface area (Å²) < 4.78 is 4.76. The summed E-state index contributed by atoms with van der Waals surface area (Å²) in [6.45, 7) is 6.21. The fraction of sp³-hybridized carbons (Fsp3) is 0.417. The smallest absolute Gasteiger partial charge is 0.330 e. The minimum absolute atomic E-state index is 0.308. The Morgan fingerprint density at radius 1 is 1.44 bits per heavy atom. The molecule has 0 aliphatic rings. The Morgan fingerprint density at radius 3 is 2.56 bits per heavy atom. The summed E-state index contributed by atoms with van der Waals surface area (Å²) in [4.78, 5) is 19.4. The number of nitrogens with zero attached hydrogens (tertiary/aromatic N) is 2. The first-order chi connectivity index (χ1) is 7.63. The highest BCUT2D eigenvalue weighted by atomic mass is 16.5. The molecule has 0 aliphatic carbocycles. The van der Waals surface area contributed by atoms with Gasteiger partial charge in [-0.2, -0.15) is 0 Å². The van der Waals surface area contributed by atoms with Crippen LogP contribution in [-0.2, 0) is 9.53 Å². The number of esters is 1. The van der Waals surface area contributed by atoms with Crippen molar-refractivity contribution in [3.63, 3.8) is 0 Å². The van der Waals surface area contributed by atoms with Gasteiger partial charge in [0.25, 0.3) is 0 Å². The summed E-state index contributed by atoms with van der Waals surface area (Å²) >= 11 is 0. The lowest BCUT2D eigenvalue weighted by molar-refractivity contribution is -0.137. The third-order valence-corrected chi connectivity index (χ3v) is 1.91. The SMILES string of the molecule is CCOC(=O)C=Cc1cnc(C(C)C)nc1. The number of rotatable bonds is 4. The zero-order valence-electron chi connectivity index (χ0n) is 9.80. The van der Waals surface area contributed by atoms with E-state index in [-0.39, 0.29) is 5.97 Å². The minimum atomic E-state index is -0.351. The maximum atomic E-state index is 11.0. The van der Waals surface area contributed by atoms with Gasteiger partial charge in [0.1, 0.15) is 5.82 Å². The van der Waals surface area contributed by atoms with E-state index < -0.39 is 0 Å². The van der Waals surface area contributed by atoms with Crippen LogP contribution in [0, 0.1) is 0 Å². The predicted molar refractivity (Wildman–Crippen MR) is 61.8 cm³/mol. The maximum absolute atomic E-state index is 11.0. The highest BCUT2D eigenvalue weighted by Crippen LogP contribution is 2.08. The molecule has 0 N–H and O–H groups in total. The number of hydrogen-bond acceptors (Lipinski definition) is 4. The molecule has 1 aromatic heterocycles. The lowest BCUT2D eigenvalue weighted by Gasteiger charge is -2.02. The van der Waals surface area contributed by atoms with E-state index in [0.717, 1.165) is 11.4 Å². The molecule has 16 heavy (non-hydrogen) atoms. The van der Waals surface area contributed by atoms with Crippen LogP contribution in [0.2, 0.25) is 0 Å². The highest BCUT2D eigenvalue weighted by Gasteiger charge is 2.01. The Balaban J connectivity index is 2.65. The molecule has 86 valence electrons. The quantitative estimate of drug-likeness (QED) is 0.576. The van der Waals surface area contributed by atoms with Crippen molar-refractivity contribution < 1.29 is 9.53 Å². The normalized spacial score (nSPS) is 11.0. The molecular weight excluding hydrogens is 204 g/mol. The van der Waals surface area contributed by atoms with E-state index in [1.54, 1.807) is 25.4 Å². The Bertz CT molecular complexity index is 369. The van der Waals surface area contributed by atoms with Crippen molar-refractivity contribution in [2.45, 2.75) is 26.7 Å². The Morgan fingerprint density at radius 2 is 2.06 bits per heavy atom. The van der Waals surface area contributed by atoms with E-state index in [4.69, 9.17) is 4.74 Å². The van der Waals surface area contributed by atoms with Crippen LogP contribution >= 0.6 is 0 Å². The largest absolute Gasteiger partial charge is 0.463 e. The van der Waals surface area contributed by atoms with Crippen molar-refractivity contribution in [2.24, 2.45) is 0 Å². The van der Waals surface area contributed by atoms with E-state index in [1.165, 1.54) is 6.08 Å². The molecule has 0 saturated heterocycles. The fourth-order valence-electron chi connectivity index (χ4n) is 1.09. The van der Waals surface area contributed by atoms with Crippen LogP contribution in [0.4, 0.5) is 0 Å². The van der Waals surface area contributed by atoms with Crippen molar-refractivity contribution in [1.82, 2.24) is 9.97 Å². The molecule has 0 radical (unpaired) electrons. The van der Waals surface area contributed by atoms with Gasteiger partial charge in [0, 0.05) is 30.0 Å². The molecule has 1 heterocycles. The van der Waals surface area contributed by atoms with E-state index in [9.17, 15) is 4.79 Å². The molecular formula is C12H16N2O2. The second-order valence-corrected chi connectivity index (χ2v) is 3.61. The molecule has 0 saturated carbocycles.